The summed E-state index contributed by atoms with van der Waals surface area (Å²) in [6.07, 6.45) is 0. The van der Waals surface area contributed by atoms with Gasteiger partial charge < -0.3 is 29.6 Å². The van der Waals surface area contributed by atoms with E-state index in [0.717, 1.165) is 17.2 Å². The van der Waals surface area contributed by atoms with E-state index in [1.807, 2.05) is 48.5 Å². The molecule has 12 nitrogen and oxygen atoms in total. The fourth-order valence-corrected chi connectivity index (χ4v) is 7.05. The fraction of sp³-hybridized carbons (Fsp3) is 0.200. The minimum atomic E-state index is -4.47. The molecule has 0 bridgehead atoms. The smallest absolute Gasteiger partial charge is 0.339 e. The number of urea groups is 2. The third-order valence-electron chi connectivity index (χ3n) is 8.04. The SMILES string of the molecule is CC(C)(C)c1ccc(NC(=O)Nc2ccc(OS(=O)(=O)c3cccc(S(=O)(=O)Oc4ccc(NC(=O)Nc5ccc(C(C)(C)C)cc5)cc4)c3)cc2)cc1. The molecule has 0 aliphatic carbocycles. The highest BCUT2D eigenvalue weighted by molar-refractivity contribution is 7.88. The van der Waals surface area contributed by atoms with Crippen LogP contribution in [0.3, 0.4) is 0 Å². The van der Waals surface area contributed by atoms with E-state index in [1.165, 1.54) is 66.7 Å². The molecule has 4 N–H and O–H groups in total. The quantitative estimate of drug-likeness (QED) is 0.102. The maximum atomic E-state index is 13.1. The van der Waals surface area contributed by atoms with Crippen molar-refractivity contribution in [1.29, 1.82) is 0 Å². The standard InChI is InChI=1S/C40H42N4O8S2/c1-39(2,3)27-10-14-29(15-11-27)41-37(45)43-31-18-22-33(23-19-31)51-53(47,48)35-8-7-9-36(26-35)54(49,50)52-34-24-20-32(21-25-34)44-38(46)42-30-16-12-28(13-17-30)40(4,5)6/h7-26H,1-6H3,(H2,41,43,45)(H2,42,44,46). The molecule has 0 aromatic heterocycles. The van der Waals surface area contributed by atoms with Crippen molar-refractivity contribution in [2.45, 2.75) is 62.2 Å². The van der Waals surface area contributed by atoms with Crippen LogP contribution in [0.5, 0.6) is 11.5 Å². The third-order valence-corrected chi connectivity index (χ3v) is 10.5. The molecule has 4 amide bonds. The van der Waals surface area contributed by atoms with E-state index in [2.05, 4.69) is 62.8 Å². The molecule has 5 rings (SSSR count). The summed E-state index contributed by atoms with van der Waals surface area (Å²) < 4.78 is 62.9. The summed E-state index contributed by atoms with van der Waals surface area (Å²) >= 11 is 0. The van der Waals surface area contributed by atoms with Gasteiger partial charge in [-0.3, -0.25) is 0 Å². The average molecular weight is 771 g/mol. The Morgan fingerprint density at radius 1 is 0.444 bits per heavy atom. The van der Waals surface area contributed by atoms with Gasteiger partial charge in [0.1, 0.15) is 21.3 Å². The van der Waals surface area contributed by atoms with Crippen LogP contribution in [0.2, 0.25) is 0 Å². The minimum absolute atomic E-state index is 0.0241. The van der Waals surface area contributed by atoms with Crippen molar-refractivity contribution in [2.24, 2.45) is 0 Å². The molecular weight excluding hydrogens is 729 g/mol. The van der Waals surface area contributed by atoms with Gasteiger partial charge in [0.25, 0.3) is 0 Å². The maximum absolute atomic E-state index is 13.1. The zero-order chi connectivity index (χ0) is 39.3. The molecule has 54 heavy (non-hydrogen) atoms. The molecule has 5 aromatic rings. The molecule has 14 heteroatoms. The summed E-state index contributed by atoms with van der Waals surface area (Å²) in [5, 5.41) is 10.8. The predicted molar refractivity (Wildman–Crippen MR) is 211 cm³/mol. The molecular formula is C40H42N4O8S2. The highest BCUT2D eigenvalue weighted by Crippen LogP contribution is 2.27. The zero-order valence-corrected chi connectivity index (χ0v) is 32.3. The zero-order valence-electron chi connectivity index (χ0n) is 30.6. The predicted octanol–water partition coefficient (Wildman–Crippen LogP) is 9.11. The molecule has 0 spiro atoms. The number of nitrogens with one attached hydrogen (secondary N) is 4. The first-order valence-electron chi connectivity index (χ1n) is 16.8. The van der Waals surface area contributed by atoms with Crippen LogP contribution in [0, 0.1) is 0 Å². The lowest BCUT2D eigenvalue weighted by atomic mass is 9.87. The monoisotopic (exact) mass is 770 g/mol. The summed E-state index contributed by atoms with van der Waals surface area (Å²) in [5.74, 6) is -0.131. The first-order chi connectivity index (χ1) is 25.3. The summed E-state index contributed by atoms with van der Waals surface area (Å²) in [7, 11) is -8.95. The van der Waals surface area contributed by atoms with E-state index >= 15 is 0 Å². The third kappa shape index (κ3) is 10.6. The number of amides is 4. The second kappa shape index (κ2) is 15.6. The Balaban J connectivity index is 1.16. The lowest BCUT2D eigenvalue weighted by Crippen LogP contribution is -2.19. The van der Waals surface area contributed by atoms with Gasteiger partial charge in [-0.05, 0) is 113 Å². The molecule has 0 unspecified atom stereocenters. The van der Waals surface area contributed by atoms with Gasteiger partial charge in [0.2, 0.25) is 0 Å². The van der Waals surface area contributed by atoms with Crippen molar-refractivity contribution in [3.63, 3.8) is 0 Å². The number of benzene rings is 5. The first-order valence-corrected chi connectivity index (χ1v) is 19.6. The summed E-state index contributed by atoms with van der Waals surface area (Å²) in [4.78, 5) is 24.2. The Hall–Kier alpha value is -5.86. The van der Waals surface area contributed by atoms with Gasteiger partial charge >= 0.3 is 32.3 Å². The van der Waals surface area contributed by atoms with E-state index in [9.17, 15) is 26.4 Å². The van der Waals surface area contributed by atoms with Crippen molar-refractivity contribution in [1.82, 2.24) is 0 Å². The molecule has 0 saturated heterocycles. The van der Waals surface area contributed by atoms with E-state index in [-0.39, 0.29) is 22.3 Å². The molecule has 0 saturated carbocycles. The largest absolute Gasteiger partial charge is 0.379 e. The molecule has 0 aliphatic heterocycles. The number of hydrogen-bond acceptors (Lipinski definition) is 8. The van der Waals surface area contributed by atoms with E-state index in [4.69, 9.17) is 8.37 Å². The van der Waals surface area contributed by atoms with Crippen LogP contribution < -0.4 is 29.6 Å². The van der Waals surface area contributed by atoms with E-state index in [0.29, 0.717) is 22.7 Å². The van der Waals surface area contributed by atoms with Gasteiger partial charge in [0.15, 0.2) is 0 Å². The van der Waals surface area contributed by atoms with Crippen molar-refractivity contribution < 1.29 is 34.8 Å². The second-order valence-electron chi connectivity index (χ2n) is 14.4. The van der Waals surface area contributed by atoms with Crippen LogP contribution in [0.25, 0.3) is 0 Å². The molecule has 5 aromatic carbocycles. The van der Waals surface area contributed by atoms with Crippen LogP contribution >= 0.6 is 0 Å². The van der Waals surface area contributed by atoms with Crippen molar-refractivity contribution in [2.75, 3.05) is 21.3 Å². The Morgan fingerprint density at radius 3 is 1.00 bits per heavy atom. The number of rotatable bonds is 10. The fourth-order valence-electron chi connectivity index (χ4n) is 5.02. The van der Waals surface area contributed by atoms with Crippen molar-refractivity contribution in [3.8, 4) is 11.5 Å². The van der Waals surface area contributed by atoms with E-state index < -0.39 is 42.1 Å². The molecule has 0 atom stereocenters. The number of carbonyl (C=O) groups is 2. The topological polar surface area (TPSA) is 169 Å². The molecule has 0 heterocycles. The first kappa shape index (κ1) is 39.3. The highest BCUT2D eigenvalue weighted by atomic mass is 32.2. The number of hydrogen-bond donors (Lipinski definition) is 4. The lowest BCUT2D eigenvalue weighted by molar-refractivity contribution is 0.261. The maximum Gasteiger partial charge on any atom is 0.339 e. The molecule has 0 fully saturated rings. The normalized spacial score (nSPS) is 12.0. The Labute approximate surface area is 316 Å². The molecule has 282 valence electrons. The highest BCUT2D eigenvalue weighted by Gasteiger charge is 2.23. The number of carbonyl (C=O) groups excluding carboxylic acids is 2. The van der Waals surface area contributed by atoms with Crippen molar-refractivity contribution in [3.05, 3.63) is 132 Å². The molecule has 0 radical (unpaired) electrons. The minimum Gasteiger partial charge on any atom is -0.379 e. The van der Waals surface area contributed by atoms with Crippen LogP contribution in [-0.2, 0) is 31.1 Å². The summed E-state index contributed by atoms with van der Waals surface area (Å²) in [5.41, 5.74) is 4.16. The van der Waals surface area contributed by atoms with Crippen LogP contribution in [0.1, 0.15) is 52.7 Å². The lowest BCUT2D eigenvalue weighted by Gasteiger charge is -2.19. The summed E-state index contributed by atoms with van der Waals surface area (Å²) in [6.45, 7) is 12.6. The second-order valence-corrected chi connectivity index (χ2v) is 17.5. The van der Waals surface area contributed by atoms with Gasteiger partial charge in [0, 0.05) is 22.7 Å². The average Bonchev–Trinajstić information content (AvgIpc) is 3.09. The van der Waals surface area contributed by atoms with Gasteiger partial charge in [-0.1, -0.05) is 71.9 Å². The Bertz CT molecular complexity index is 2170. The molecule has 0 aliphatic rings. The van der Waals surface area contributed by atoms with Crippen LogP contribution in [-0.4, -0.2) is 28.9 Å². The van der Waals surface area contributed by atoms with Crippen LogP contribution in [0.4, 0.5) is 32.3 Å². The Kier molecular flexibility index (Phi) is 11.4. The van der Waals surface area contributed by atoms with Gasteiger partial charge in [0.05, 0.1) is 0 Å². The van der Waals surface area contributed by atoms with Crippen LogP contribution in [0.15, 0.2) is 131 Å². The van der Waals surface area contributed by atoms with Gasteiger partial charge in [-0.25, -0.2) is 9.59 Å². The number of anilines is 4. The van der Waals surface area contributed by atoms with Gasteiger partial charge in [-0.2, -0.15) is 16.8 Å². The van der Waals surface area contributed by atoms with Gasteiger partial charge in [-0.15, -0.1) is 0 Å². The van der Waals surface area contributed by atoms with E-state index in [1.54, 1.807) is 0 Å². The van der Waals surface area contributed by atoms with Crippen molar-refractivity contribution >= 4 is 55.0 Å². The Morgan fingerprint density at radius 2 is 0.722 bits per heavy atom. The summed E-state index contributed by atoms with van der Waals surface area (Å²) in [6, 6.07) is 29.8.